The van der Waals surface area contributed by atoms with Gasteiger partial charge in [0.2, 0.25) is 0 Å². The van der Waals surface area contributed by atoms with Crippen LogP contribution in [0.5, 0.6) is 0 Å². The second-order valence-electron chi connectivity index (χ2n) is 6.74. The van der Waals surface area contributed by atoms with Crippen molar-refractivity contribution in [3.63, 3.8) is 0 Å². The van der Waals surface area contributed by atoms with Crippen molar-refractivity contribution in [2.45, 2.75) is 32.6 Å². The summed E-state index contributed by atoms with van der Waals surface area (Å²) in [6.45, 7) is 5.03. The summed E-state index contributed by atoms with van der Waals surface area (Å²) in [7, 11) is 0. The van der Waals surface area contributed by atoms with Crippen LogP contribution in [0.1, 0.15) is 30.7 Å². The summed E-state index contributed by atoms with van der Waals surface area (Å²) in [5, 5.41) is 4.78. The van der Waals surface area contributed by atoms with Gasteiger partial charge in [0, 0.05) is 42.8 Å². The number of nitrogens with one attached hydrogen (secondary N) is 2. The lowest BCUT2D eigenvalue weighted by Gasteiger charge is -2.28. The Labute approximate surface area is 148 Å². The van der Waals surface area contributed by atoms with Gasteiger partial charge in [-0.05, 0) is 44.2 Å². The fraction of sp³-hybridized carbons (Fsp3) is 0.400. The molecule has 3 aromatic rings. The minimum absolute atomic E-state index is 0.831. The molecule has 2 N–H and O–H groups in total. The number of anilines is 2. The molecule has 0 radical (unpaired) electrons. The van der Waals surface area contributed by atoms with E-state index in [2.05, 4.69) is 61.7 Å². The van der Waals surface area contributed by atoms with Crippen LogP contribution in [0.2, 0.25) is 0 Å². The van der Waals surface area contributed by atoms with Crippen molar-refractivity contribution in [1.82, 2.24) is 15.0 Å². The van der Waals surface area contributed by atoms with E-state index in [-0.39, 0.29) is 0 Å². The average molecular weight is 335 g/mol. The van der Waals surface area contributed by atoms with E-state index in [4.69, 9.17) is 0 Å². The lowest BCUT2D eigenvalue weighted by Crippen LogP contribution is -2.30. The van der Waals surface area contributed by atoms with E-state index in [1.165, 1.54) is 35.7 Å². The summed E-state index contributed by atoms with van der Waals surface area (Å²) in [4.78, 5) is 14.9. The van der Waals surface area contributed by atoms with Crippen LogP contribution in [-0.2, 0) is 6.42 Å². The fourth-order valence-electron chi connectivity index (χ4n) is 3.59. The van der Waals surface area contributed by atoms with E-state index in [0.717, 1.165) is 43.5 Å². The first-order valence-corrected chi connectivity index (χ1v) is 9.19. The van der Waals surface area contributed by atoms with Crippen molar-refractivity contribution in [2.75, 3.05) is 29.9 Å². The number of fused-ring (bicyclic) bond motifs is 1. The number of hydrogen-bond acceptors (Lipinski definition) is 4. The number of nitrogens with zero attached hydrogens (tertiary/aromatic N) is 3. The highest BCUT2D eigenvalue weighted by Crippen LogP contribution is 2.21. The van der Waals surface area contributed by atoms with Gasteiger partial charge < -0.3 is 15.2 Å². The Balaban J connectivity index is 1.43. The fourth-order valence-corrected chi connectivity index (χ4v) is 3.59. The SMILES string of the molecule is Cc1nc(NCCc2c[nH]c3ccccc23)cc(N2CCCCC2)n1. The van der Waals surface area contributed by atoms with Gasteiger partial charge in [-0.25, -0.2) is 9.97 Å². The van der Waals surface area contributed by atoms with Gasteiger partial charge in [-0.2, -0.15) is 0 Å². The number of benzene rings is 1. The van der Waals surface area contributed by atoms with E-state index < -0.39 is 0 Å². The van der Waals surface area contributed by atoms with E-state index in [0.29, 0.717) is 0 Å². The number of para-hydroxylation sites is 1. The maximum absolute atomic E-state index is 4.63. The number of aromatic amines is 1. The Bertz CT molecular complexity index is 848. The summed E-state index contributed by atoms with van der Waals surface area (Å²) in [6, 6.07) is 10.5. The van der Waals surface area contributed by atoms with Crippen LogP contribution in [0.15, 0.2) is 36.5 Å². The Hall–Kier alpha value is -2.56. The van der Waals surface area contributed by atoms with E-state index in [9.17, 15) is 0 Å². The molecule has 1 fully saturated rings. The second-order valence-corrected chi connectivity index (χ2v) is 6.74. The molecule has 5 nitrogen and oxygen atoms in total. The van der Waals surface area contributed by atoms with Gasteiger partial charge in [0.05, 0.1) is 0 Å². The summed E-state index contributed by atoms with van der Waals surface area (Å²) < 4.78 is 0. The third kappa shape index (κ3) is 3.60. The van der Waals surface area contributed by atoms with Gasteiger partial charge in [-0.3, -0.25) is 0 Å². The molecule has 0 bridgehead atoms. The average Bonchev–Trinajstić information content (AvgIpc) is 3.05. The first-order chi connectivity index (χ1) is 12.3. The topological polar surface area (TPSA) is 56.8 Å². The van der Waals surface area contributed by atoms with Crippen molar-refractivity contribution in [2.24, 2.45) is 0 Å². The van der Waals surface area contributed by atoms with Crippen LogP contribution in [0.3, 0.4) is 0 Å². The lowest BCUT2D eigenvalue weighted by atomic mass is 10.1. The first kappa shape index (κ1) is 15.9. The van der Waals surface area contributed by atoms with Crippen molar-refractivity contribution >= 4 is 22.5 Å². The molecule has 1 saturated heterocycles. The Kier molecular flexibility index (Phi) is 4.55. The number of H-pyrrole nitrogens is 1. The number of aryl methyl sites for hydroxylation is 1. The minimum atomic E-state index is 0.831. The van der Waals surface area contributed by atoms with Crippen LogP contribution >= 0.6 is 0 Å². The van der Waals surface area contributed by atoms with Gasteiger partial charge in [-0.15, -0.1) is 0 Å². The quantitative estimate of drug-likeness (QED) is 0.742. The molecule has 130 valence electrons. The molecule has 0 atom stereocenters. The molecule has 0 amide bonds. The largest absolute Gasteiger partial charge is 0.370 e. The molecule has 5 heteroatoms. The molecule has 0 aliphatic carbocycles. The molecule has 0 saturated carbocycles. The molecule has 25 heavy (non-hydrogen) atoms. The molecule has 1 aromatic carbocycles. The molecule has 0 unspecified atom stereocenters. The van der Waals surface area contributed by atoms with Crippen molar-refractivity contribution in [3.8, 4) is 0 Å². The highest BCUT2D eigenvalue weighted by molar-refractivity contribution is 5.83. The molecule has 4 rings (SSSR count). The molecular weight excluding hydrogens is 310 g/mol. The standard InChI is InChI=1S/C20H25N5/c1-15-23-19(13-20(24-15)25-11-5-2-6-12-25)21-10-9-16-14-22-18-8-4-3-7-17(16)18/h3-4,7-8,13-14,22H,2,5-6,9-12H2,1H3,(H,21,23,24). The monoisotopic (exact) mass is 335 g/mol. The van der Waals surface area contributed by atoms with Gasteiger partial charge in [0.1, 0.15) is 17.5 Å². The zero-order valence-corrected chi connectivity index (χ0v) is 14.8. The van der Waals surface area contributed by atoms with E-state index in [1.807, 2.05) is 6.92 Å². The van der Waals surface area contributed by atoms with Crippen LogP contribution in [0, 0.1) is 6.92 Å². The molecule has 1 aliphatic rings. The van der Waals surface area contributed by atoms with Crippen LogP contribution in [0.4, 0.5) is 11.6 Å². The molecule has 0 spiro atoms. The highest BCUT2D eigenvalue weighted by Gasteiger charge is 2.13. The number of rotatable bonds is 5. The second kappa shape index (κ2) is 7.13. The summed E-state index contributed by atoms with van der Waals surface area (Å²) >= 11 is 0. The van der Waals surface area contributed by atoms with Gasteiger partial charge in [0.25, 0.3) is 0 Å². The molecule has 1 aliphatic heterocycles. The maximum Gasteiger partial charge on any atom is 0.134 e. The highest BCUT2D eigenvalue weighted by atomic mass is 15.2. The van der Waals surface area contributed by atoms with Crippen LogP contribution in [-0.4, -0.2) is 34.6 Å². The summed E-state index contributed by atoms with van der Waals surface area (Å²) in [5.41, 5.74) is 2.54. The normalized spacial score (nSPS) is 14.8. The molecular formula is C20H25N5. The predicted molar refractivity (Wildman–Crippen MR) is 103 cm³/mol. The van der Waals surface area contributed by atoms with Crippen molar-refractivity contribution in [3.05, 3.63) is 47.9 Å². The number of hydrogen-bond donors (Lipinski definition) is 2. The summed E-state index contributed by atoms with van der Waals surface area (Å²) in [5.74, 6) is 2.81. The van der Waals surface area contributed by atoms with Gasteiger partial charge in [-0.1, -0.05) is 18.2 Å². The first-order valence-electron chi connectivity index (χ1n) is 9.19. The third-order valence-corrected chi connectivity index (χ3v) is 4.88. The van der Waals surface area contributed by atoms with Crippen molar-refractivity contribution in [1.29, 1.82) is 0 Å². The predicted octanol–water partition coefficient (Wildman–Crippen LogP) is 3.91. The summed E-state index contributed by atoms with van der Waals surface area (Å²) in [6.07, 6.45) is 6.91. The maximum atomic E-state index is 4.63. The Morgan fingerprint density at radius 2 is 1.96 bits per heavy atom. The minimum Gasteiger partial charge on any atom is -0.370 e. The molecule has 2 aromatic heterocycles. The zero-order chi connectivity index (χ0) is 17.1. The zero-order valence-electron chi connectivity index (χ0n) is 14.8. The van der Waals surface area contributed by atoms with Crippen molar-refractivity contribution < 1.29 is 0 Å². The lowest BCUT2D eigenvalue weighted by molar-refractivity contribution is 0.572. The smallest absolute Gasteiger partial charge is 0.134 e. The van der Waals surface area contributed by atoms with Crippen LogP contribution in [0.25, 0.3) is 10.9 Å². The van der Waals surface area contributed by atoms with Gasteiger partial charge in [0.15, 0.2) is 0 Å². The van der Waals surface area contributed by atoms with E-state index in [1.54, 1.807) is 0 Å². The Morgan fingerprint density at radius 3 is 2.84 bits per heavy atom. The van der Waals surface area contributed by atoms with Gasteiger partial charge >= 0.3 is 0 Å². The van der Waals surface area contributed by atoms with E-state index >= 15 is 0 Å². The van der Waals surface area contributed by atoms with Crippen LogP contribution < -0.4 is 10.2 Å². The Morgan fingerprint density at radius 1 is 1.12 bits per heavy atom. The third-order valence-electron chi connectivity index (χ3n) is 4.88. The number of aromatic nitrogens is 3. The molecule has 3 heterocycles. The number of piperidine rings is 1.